The Hall–Kier alpha value is -2.96. The van der Waals surface area contributed by atoms with E-state index in [4.69, 9.17) is 0 Å². The largest absolute Gasteiger partial charge is 0.347 e. The summed E-state index contributed by atoms with van der Waals surface area (Å²) in [4.78, 5) is 28.4. The molecule has 20 heavy (non-hydrogen) atoms. The van der Waals surface area contributed by atoms with Gasteiger partial charge in [0.25, 0.3) is 5.69 Å². The van der Waals surface area contributed by atoms with E-state index < -0.39 is 4.92 Å². The fraction of sp³-hybridized carbons (Fsp3) is 0.0769. The number of carbonyl (C=O) groups is 1. The normalized spacial score (nSPS) is 10.6. The summed E-state index contributed by atoms with van der Waals surface area (Å²) in [5, 5.41) is 13.3. The van der Waals surface area contributed by atoms with Crippen molar-refractivity contribution < 1.29 is 9.72 Å². The lowest BCUT2D eigenvalue weighted by Crippen LogP contribution is -2.20. The number of nitro groups is 1. The van der Waals surface area contributed by atoms with Gasteiger partial charge in [-0.1, -0.05) is 12.1 Å². The minimum Gasteiger partial charge on any atom is -0.347 e. The van der Waals surface area contributed by atoms with Gasteiger partial charge in [0, 0.05) is 24.4 Å². The number of hydrogen-bond acceptors (Lipinski definition) is 4. The quantitative estimate of drug-likeness (QED) is 0.491. The van der Waals surface area contributed by atoms with Gasteiger partial charge >= 0.3 is 0 Å². The average molecular weight is 272 g/mol. The molecule has 7 heteroatoms. The first-order valence-corrected chi connectivity index (χ1v) is 5.83. The van der Waals surface area contributed by atoms with Crippen LogP contribution in [0.4, 0.5) is 5.69 Å². The number of aromatic nitrogens is 2. The van der Waals surface area contributed by atoms with Crippen molar-refractivity contribution in [2.45, 2.75) is 6.54 Å². The first-order chi connectivity index (χ1) is 9.65. The fourth-order valence-electron chi connectivity index (χ4n) is 1.54. The Morgan fingerprint density at radius 3 is 3.05 bits per heavy atom. The van der Waals surface area contributed by atoms with Crippen LogP contribution in [0.3, 0.4) is 0 Å². The molecular weight excluding hydrogens is 260 g/mol. The molecule has 0 aliphatic carbocycles. The third-order valence-corrected chi connectivity index (χ3v) is 2.52. The topological polar surface area (TPSA) is 101 Å². The predicted molar refractivity (Wildman–Crippen MR) is 72.6 cm³/mol. The van der Waals surface area contributed by atoms with Crippen molar-refractivity contribution in [2.75, 3.05) is 0 Å². The zero-order valence-corrected chi connectivity index (χ0v) is 10.4. The van der Waals surface area contributed by atoms with Gasteiger partial charge in [0.2, 0.25) is 5.91 Å². The summed E-state index contributed by atoms with van der Waals surface area (Å²) in [6.45, 7) is 0.345. The summed E-state index contributed by atoms with van der Waals surface area (Å²) in [6.07, 6.45) is 6.00. The monoisotopic (exact) mass is 272 g/mol. The van der Waals surface area contributed by atoms with Gasteiger partial charge < -0.3 is 10.3 Å². The molecule has 0 unspecified atom stereocenters. The second-order valence-electron chi connectivity index (χ2n) is 3.98. The van der Waals surface area contributed by atoms with Gasteiger partial charge in [-0.05, 0) is 11.6 Å². The highest BCUT2D eigenvalue weighted by atomic mass is 16.6. The van der Waals surface area contributed by atoms with E-state index >= 15 is 0 Å². The van der Waals surface area contributed by atoms with Crippen molar-refractivity contribution in [2.24, 2.45) is 0 Å². The second kappa shape index (κ2) is 6.28. The molecular formula is C13H12N4O3. The molecule has 0 spiro atoms. The molecule has 2 rings (SSSR count). The number of hydrogen-bond donors (Lipinski definition) is 2. The number of amides is 1. The van der Waals surface area contributed by atoms with Crippen LogP contribution in [0.1, 0.15) is 11.3 Å². The molecule has 0 radical (unpaired) electrons. The van der Waals surface area contributed by atoms with Crippen LogP contribution in [0.5, 0.6) is 0 Å². The van der Waals surface area contributed by atoms with Gasteiger partial charge in [-0.3, -0.25) is 14.9 Å². The van der Waals surface area contributed by atoms with Crippen LogP contribution >= 0.6 is 0 Å². The SMILES string of the molecule is O=C(C=Cc1cccc([N+](=O)[O-])c1)NCc1cnc[nH]1. The van der Waals surface area contributed by atoms with E-state index in [0.717, 1.165) is 5.69 Å². The molecule has 0 saturated heterocycles. The zero-order chi connectivity index (χ0) is 14.4. The number of imidazole rings is 1. The molecule has 0 aliphatic heterocycles. The van der Waals surface area contributed by atoms with Gasteiger partial charge in [0.15, 0.2) is 0 Å². The fourth-order valence-corrected chi connectivity index (χ4v) is 1.54. The van der Waals surface area contributed by atoms with Crippen LogP contribution in [0, 0.1) is 10.1 Å². The summed E-state index contributed by atoms with van der Waals surface area (Å²) in [5.74, 6) is -0.286. The lowest BCUT2D eigenvalue weighted by molar-refractivity contribution is -0.384. The Labute approximate surface area is 114 Å². The van der Waals surface area contributed by atoms with Crippen LogP contribution in [0.15, 0.2) is 42.9 Å². The molecule has 2 aromatic rings. The highest BCUT2D eigenvalue weighted by Crippen LogP contribution is 2.13. The maximum absolute atomic E-state index is 11.6. The molecule has 0 bridgehead atoms. The van der Waals surface area contributed by atoms with E-state index in [-0.39, 0.29) is 11.6 Å². The van der Waals surface area contributed by atoms with Crippen LogP contribution in [0.25, 0.3) is 6.08 Å². The standard InChI is InChI=1S/C13H12N4O3/c18-13(15-8-11-7-14-9-16-11)5-4-10-2-1-3-12(6-10)17(19)20/h1-7,9H,8H2,(H,14,16)(H,15,18). The van der Waals surface area contributed by atoms with E-state index in [2.05, 4.69) is 15.3 Å². The maximum Gasteiger partial charge on any atom is 0.270 e. The summed E-state index contributed by atoms with van der Waals surface area (Å²) in [6, 6.07) is 6.06. The van der Waals surface area contributed by atoms with Crippen molar-refractivity contribution in [1.29, 1.82) is 0 Å². The number of non-ortho nitro benzene ring substituents is 1. The summed E-state index contributed by atoms with van der Waals surface area (Å²) in [5.41, 5.74) is 1.38. The highest BCUT2D eigenvalue weighted by molar-refractivity contribution is 5.91. The van der Waals surface area contributed by atoms with Crippen LogP contribution in [0.2, 0.25) is 0 Å². The summed E-state index contributed by atoms with van der Waals surface area (Å²) < 4.78 is 0. The maximum atomic E-state index is 11.6. The lowest BCUT2D eigenvalue weighted by atomic mass is 10.2. The Kier molecular flexibility index (Phi) is 4.23. The molecule has 0 aliphatic rings. The Morgan fingerprint density at radius 1 is 1.50 bits per heavy atom. The van der Waals surface area contributed by atoms with Crippen molar-refractivity contribution in [3.63, 3.8) is 0 Å². The van der Waals surface area contributed by atoms with Crippen LogP contribution in [-0.4, -0.2) is 20.8 Å². The van der Waals surface area contributed by atoms with Gasteiger partial charge in [0.1, 0.15) is 0 Å². The molecule has 1 aromatic heterocycles. The minimum atomic E-state index is -0.477. The van der Waals surface area contributed by atoms with Crippen molar-refractivity contribution in [3.8, 4) is 0 Å². The molecule has 2 N–H and O–H groups in total. The molecule has 7 nitrogen and oxygen atoms in total. The van der Waals surface area contributed by atoms with Gasteiger partial charge in [-0.2, -0.15) is 0 Å². The third-order valence-electron chi connectivity index (χ3n) is 2.52. The van der Waals surface area contributed by atoms with Gasteiger partial charge in [0.05, 0.1) is 23.5 Å². The number of aromatic amines is 1. The number of rotatable bonds is 5. The molecule has 102 valence electrons. The van der Waals surface area contributed by atoms with Crippen molar-refractivity contribution in [3.05, 3.63) is 64.2 Å². The van der Waals surface area contributed by atoms with Crippen molar-refractivity contribution in [1.82, 2.24) is 15.3 Å². The lowest BCUT2D eigenvalue weighted by Gasteiger charge is -1.99. The van der Waals surface area contributed by atoms with Crippen molar-refractivity contribution >= 4 is 17.7 Å². The van der Waals surface area contributed by atoms with E-state index in [1.807, 2.05) is 0 Å². The van der Waals surface area contributed by atoms with E-state index in [0.29, 0.717) is 12.1 Å². The van der Waals surface area contributed by atoms with E-state index in [9.17, 15) is 14.9 Å². The highest BCUT2D eigenvalue weighted by Gasteiger charge is 2.04. The first-order valence-electron chi connectivity index (χ1n) is 5.83. The smallest absolute Gasteiger partial charge is 0.270 e. The number of nitrogens with one attached hydrogen (secondary N) is 2. The Balaban J connectivity index is 1.93. The third kappa shape index (κ3) is 3.77. The Bertz CT molecular complexity index is 635. The molecule has 1 heterocycles. The minimum absolute atomic E-state index is 0.00924. The summed E-state index contributed by atoms with van der Waals surface area (Å²) in [7, 11) is 0. The number of carbonyl (C=O) groups excluding carboxylic acids is 1. The van der Waals surface area contributed by atoms with Gasteiger partial charge in [-0.25, -0.2) is 4.98 Å². The Morgan fingerprint density at radius 2 is 2.35 bits per heavy atom. The molecule has 1 aromatic carbocycles. The number of H-pyrrole nitrogens is 1. The zero-order valence-electron chi connectivity index (χ0n) is 10.4. The van der Waals surface area contributed by atoms with Gasteiger partial charge in [-0.15, -0.1) is 0 Å². The molecule has 1 amide bonds. The van der Waals surface area contributed by atoms with E-state index in [1.54, 1.807) is 18.3 Å². The number of benzene rings is 1. The predicted octanol–water partition coefficient (Wildman–Crippen LogP) is 1.65. The average Bonchev–Trinajstić information content (AvgIpc) is 2.96. The molecule has 0 saturated carbocycles. The van der Waals surface area contributed by atoms with E-state index in [1.165, 1.54) is 30.6 Å². The second-order valence-corrected chi connectivity index (χ2v) is 3.98. The number of nitrogens with zero attached hydrogens (tertiary/aromatic N) is 2. The molecule has 0 fully saturated rings. The number of nitro benzene ring substituents is 1. The van der Waals surface area contributed by atoms with Crippen LogP contribution < -0.4 is 5.32 Å². The van der Waals surface area contributed by atoms with Crippen LogP contribution in [-0.2, 0) is 11.3 Å². The first kappa shape index (κ1) is 13.5. The summed E-state index contributed by atoms with van der Waals surface area (Å²) >= 11 is 0. The molecule has 0 atom stereocenters.